The molecule has 2 rings (SSSR count). The van der Waals surface area contributed by atoms with Crippen molar-refractivity contribution < 1.29 is 14.0 Å². The molecule has 1 heterocycles. The average Bonchev–Trinajstić information content (AvgIpc) is 2.53. The van der Waals surface area contributed by atoms with Gasteiger partial charge in [0.25, 0.3) is 11.8 Å². The zero-order valence-corrected chi connectivity index (χ0v) is 13.0. The van der Waals surface area contributed by atoms with Gasteiger partial charge >= 0.3 is 0 Å². The van der Waals surface area contributed by atoms with Crippen LogP contribution in [0.3, 0.4) is 0 Å². The standard InChI is InChI=1S/C17H18FN3O2/c1-11(2)21-17(23)15-9-12(7-8-19-15)16(22)20-10-13-5-3-4-6-14(13)18/h3-9,11H,10H2,1-2H3,(H,20,22)(H,21,23). The van der Waals surface area contributed by atoms with Gasteiger partial charge in [-0.1, -0.05) is 18.2 Å². The molecule has 0 aliphatic rings. The Kier molecular flexibility index (Phi) is 5.41. The van der Waals surface area contributed by atoms with E-state index in [9.17, 15) is 14.0 Å². The van der Waals surface area contributed by atoms with Crippen LogP contribution in [-0.4, -0.2) is 22.8 Å². The Balaban J connectivity index is 2.05. The number of pyridine rings is 1. The number of hydrogen-bond acceptors (Lipinski definition) is 3. The molecule has 5 nitrogen and oxygen atoms in total. The summed E-state index contributed by atoms with van der Waals surface area (Å²) in [6, 6.07) is 9.11. The third kappa shape index (κ3) is 4.60. The summed E-state index contributed by atoms with van der Waals surface area (Å²) >= 11 is 0. The lowest BCUT2D eigenvalue weighted by Gasteiger charge is -2.09. The lowest BCUT2D eigenvalue weighted by atomic mass is 10.2. The highest BCUT2D eigenvalue weighted by Gasteiger charge is 2.13. The van der Waals surface area contributed by atoms with Crippen molar-refractivity contribution in [3.05, 3.63) is 65.2 Å². The fourth-order valence-electron chi connectivity index (χ4n) is 1.95. The molecule has 0 saturated heterocycles. The van der Waals surface area contributed by atoms with E-state index in [-0.39, 0.29) is 30.0 Å². The average molecular weight is 315 g/mol. The maximum atomic E-state index is 13.5. The summed E-state index contributed by atoms with van der Waals surface area (Å²) in [6.07, 6.45) is 1.40. The molecule has 0 aliphatic carbocycles. The topological polar surface area (TPSA) is 71.1 Å². The first kappa shape index (κ1) is 16.6. The Morgan fingerprint density at radius 1 is 1.17 bits per heavy atom. The van der Waals surface area contributed by atoms with Gasteiger partial charge in [0.05, 0.1) is 0 Å². The van der Waals surface area contributed by atoms with E-state index in [1.807, 2.05) is 13.8 Å². The van der Waals surface area contributed by atoms with Crippen LogP contribution >= 0.6 is 0 Å². The molecule has 23 heavy (non-hydrogen) atoms. The van der Waals surface area contributed by atoms with E-state index in [4.69, 9.17) is 0 Å². The summed E-state index contributed by atoms with van der Waals surface area (Å²) in [5, 5.41) is 5.33. The number of aromatic nitrogens is 1. The smallest absolute Gasteiger partial charge is 0.270 e. The van der Waals surface area contributed by atoms with E-state index in [1.165, 1.54) is 24.4 Å². The van der Waals surface area contributed by atoms with Crippen LogP contribution in [0.25, 0.3) is 0 Å². The first-order valence-electron chi connectivity index (χ1n) is 7.26. The zero-order valence-electron chi connectivity index (χ0n) is 13.0. The quantitative estimate of drug-likeness (QED) is 0.889. The van der Waals surface area contributed by atoms with Crippen LogP contribution in [0.2, 0.25) is 0 Å². The molecular formula is C17H18FN3O2. The van der Waals surface area contributed by atoms with Gasteiger partial charge in [-0.25, -0.2) is 4.39 Å². The van der Waals surface area contributed by atoms with Gasteiger partial charge in [0.1, 0.15) is 11.5 Å². The van der Waals surface area contributed by atoms with Crippen LogP contribution in [0.5, 0.6) is 0 Å². The molecule has 0 saturated carbocycles. The highest BCUT2D eigenvalue weighted by atomic mass is 19.1. The molecule has 0 spiro atoms. The predicted molar refractivity (Wildman–Crippen MR) is 84.4 cm³/mol. The SMILES string of the molecule is CC(C)NC(=O)c1cc(C(=O)NCc2ccccc2F)ccn1. The number of amides is 2. The first-order valence-corrected chi connectivity index (χ1v) is 7.26. The molecule has 0 bridgehead atoms. The highest BCUT2D eigenvalue weighted by Crippen LogP contribution is 2.07. The molecule has 2 aromatic rings. The number of rotatable bonds is 5. The lowest BCUT2D eigenvalue weighted by molar-refractivity contribution is 0.0938. The van der Waals surface area contributed by atoms with Crippen molar-refractivity contribution in [2.75, 3.05) is 0 Å². The summed E-state index contributed by atoms with van der Waals surface area (Å²) in [5.41, 5.74) is 0.857. The molecule has 1 aromatic heterocycles. The third-order valence-corrected chi connectivity index (χ3v) is 3.07. The molecule has 120 valence electrons. The summed E-state index contributed by atoms with van der Waals surface area (Å²) in [6.45, 7) is 3.74. The normalized spacial score (nSPS) is 10.4. The fraction of sp³-hybridized carbons (Fsp3) is 0.235. The molecule has 0 aliphatic heterocycles. The molecule has 0 fully saturated rings. The summed E-state index contributed by atoms with van der Waals surface area (Å²) in [4.78, 5) is 28.0. The van der Waals surface area contributed by atoms with Crippen LogP contribution < -0.4 is 10.6 Å². The molecule has 0 atom stereocenters. The van der Waals surface area contributed by atoms with Crippen molar-refractivity contribution in [2.24, 2.45) is 0 Å². The number of carbonyl (C=O) groups is 2. The Labute approximate surface area is 133 Å². The van der Waals surface area contributed by atoms with E-state index in [2.05, 4.69) is 15.6 Å². The van der Waals surface area contributed by atoms with Crippen molar-refractivity contribution in [3.63, 3.8) is 0 Å². The number of benzene rings is 1. The maximum Gasteiger partial charge on any atom is 0.270 e. The number of nitrogens with one attached hydrogen (secondary N) is 2. The second-order valence-corrected chi connectivity index (χ2v) is 5.33. The third-order valence-electron chi connectivity index (χ3n) is 3.07. The molecule has 0 unspecified atom stereocenters. The number of carbonyl (C=O) groups excluding carboxylic acids is 2. The molecule has 2 amide bonds. The van der Waals surface area contributed by atoms with Crippen LogP contribution in [0, 0.1) is 5.82 Å². The minimum atomic E-state index is -0.394. The van der Waals surface area contributed by atoms with E-state index >= 15 is 0 Å². The van der Waals surface area contributed by atoms with Gasteiger partial charge in [-0.2, -0.15) is 0 Å². The molecule has 1 aromatic carbocycles. The largest absolute Gasteiger partial charge is 0.349 e. The minimum Gasteiger partial charge on any atom is -0.349 e. The predicted octanol–water partition coefficient (Wildman–Crippen LogP) is 2.29. The van der Waals surface area contributed by atoms with Crippen LogP contribution in [0.1, 0.15) is 40.3 Å². The van der Waals surface area contributed by atoms with Crippen LogP contribution in [0.4, 0.5) is 4.39 Å². The van der Waals surface area contributed by atoms with Gasteiger partial charge in [0.2, 0.25) is 0 Å². The number of nitrogens with zero attached hydrogens (tertiary/aromatic N) is 1. The second kappa shape index (κ2) is 7.49. The summed E-state index contributed by atoms with van der Waals surface area (Å²) in [5.74, 6) is -1.11. The van der Waals surface area contributed by atoms with Gasteiger partial charge in [-0.15, -0.1) is 0 Å². The lowest BCUT2D eigenvalue weighted by Crippen LogP contribution is -2.31. The summed E-state index contributed by atoms with van der Waals surface area (Å²) < 4.78 is 13.5. The zero-order chi connectivity index (χ0) is 16.8. The number of hydrogen-bond donors (Lipinski definition) is 2. The van der Waals surface area contributed by atoms with E-state index in [0.717, 1.165) is 0 Å². The molecule has 0 radical (unpaired) electrons. The van der Waals surface area contributed by atoms with Crippen molar-refractivity contribution in [2.45, 2.75) is 26.4 Å². The molecule has 2 N–H and O–H groups in total. The van der Waals surface area contributed by atoms with Gasteiger partial charge in [-0.3, -0.25) is 14.6 Å². The van der Waals surface area contributed by atoms with Crippen molar-refractivity contribution in [3.8, 4) is 0 Å². The maximum absolute atomic E-state index is 13.5. The van der Waals surface area contributed by atoms with Gasteiger partial charge in [0.15, 0.2) is 0 Å². The van der Waals surface area contributed by atoms with Crippen molar-refractivity contribution >= 4 is 11.8 Å². The van der Waals surface area contributed by atoms with Crippen LogP contribution in [-0.2, 0) is 6.54 Å². The second-order valence-electron chi connectivity index (χ2n) is 5.33. The Morgan fingerprint density at radius 3 is 2.61 bits per heavy atom. The highest BCUT2D eigenvalue weighted by molar-refractivity contribution is 5.98. The van der Waals surface area contributed by atoms with Crippen LogP contribution in [0.15, 0.2) is 42.6 Å². The van der Waals surface area contributed by atoms with Gasteiger partial charge in [0, 0.05) is 29.9 Å². The molecule has 6 heteroatoms. The Hall–Kier alpha value is -2.76. The monoisotopic (exact) mass is 315 g/mol. The van der Waals surface area contributed by atoms with Crippen molar-refractivity contribution in [1.82, 2.24) is 15.6 Å². The molecular weight excluding hydrogens is 297 g/mol. The van der Waals surface area contributed by atoms with E-state index in [1.54, 1.807) is 18.2 Å². The Bertz CT molecular complexity index is 716. The first-order chi connectivity index (χ1) is 11.0. The summed E-state index contributed by atoms with van der Waals surface area (Å²) in [7, 11) is 0. The number of halogens is 1. The van der Waals surface area contributed by atoms with E-state index in [0.29, 0.717) is 11.1 Å². The van der Waals surface area contributed by atoms with Gasteiger partial charge < -0.3 is 10.6 Å². The minimum absolute atomic E-state index is 0.0251. The van der Waals surface area contributed by atoms with Gasteiger partial charge in [-0.05, 0) is 32.0 Å². The Morgan fingerprint density at radius 2 is 1.91 bits per heavy atom. The van der Waals surface area contributed by atoms with Crippen molar-refractivity contribution in [1.29, 1.82) is 0 Å². The van der Waals surface area contributed by atoms with E-state index < -0.39 is 5.91 Å². The fourth-order valence-corrected chi connectivity index (χ4v) is 1.95.